The molecule has 0 aromatic rings. The number of urea groups is 1. The number of carboxylic acids is 1. The Balaban J connectivity index is 3.84. The molecular weight excluding hydrogens is 212 g/mol. The van der Waals surface area contributed by atoms with E-state index in [0.29, 0.717) is 0 Å². The minimum atomic E-state index is -1.47. The van der Waals surface area contributed by atoms with Crippen molar-refractivity contribution in [2.75, 3.05) is 6.54 Å². The maximum Gasteiger partial charge on any atom is 0.332 e. The number of nitrogens with one attached hydrogen (secondary N) is 2. The second-order valence-corrected chi connectivity index (χ2v) is 3.79. The van der Waals surface area contributed by atoms with Gasteiger partial charge in [0.1, 0.15) is 0 Å². The first kappa shape index (κ1) is 14.3. The Kier molecular flexibility index (Phi) is 5.33. The lowest BCUT2D eigenvalue weighted by molar-refractivity contribution is -0.146. The van der Waals surface area contributed by atoms with E-state index in [2.05, 4.69) is 16.6 Å². The fourth-order valence-corrected chi connectivity index (χ4v) is 0.810. The highest BCUT2D eigenvalue weighted by atomic mass is 16.4. The van der Waals surface area contributed by atoms with Crippen molar-refractivity contribution in [1.29, 1.82) is 0 Å². The minimum Gasteiger partial charge on any atom is -0.479 e. The molecule has 16 heavy (non-hydrogen) atoms. The average molecular weight is 228 g/mol. The zero-order valence-corrected chi connectivity index (χ0v) is 9.28. The normalized spacial score (nSPS) is 12.4. The van der Waals surface area contributed by atoms with E-state index in [4.69, 9.17) is 16.6 Å². The molecule has 1 atom stereocenters. The van der Waals surface area contributed by atoms with Crippen LogP contribution >= 0.6 is 0 Å². The average Bonchev–Trinajstić information content (AvgIpc) is 2.16. The molecule has 0 aliphatic rings. The third-order valence-corrected chi connectivity index (χ3v) is 1.78. The van der Waals surface area contributed by atoms with Crippen molar-refractivity contribution >= 4 is 12.0 Å². The molecule has 4 N–H and O–H groups in total. The molecule has 2 amide bonds. The highest BCUT2D eigenvalue weighted by Crippen LogP contribution is 1.97. The Bertz CT molecular complexity index is 306. The van der Waals surface area contributed by atoms with Crippen LogP contribution in [0, 0.1) is 12.3 Å². The summed E-state index contributed by atoms with van der Waals surface area (Å²) in [5.74, 6) is 1.06. The number of aliphatic hydroxyl groups is 1. The molecule has 0 rings (SSSR count). The van der Waals surface area contributed by atoms with Crippen molar-refractivity contribution in [2.45, 2.75) is 31.9 Å². The summed E-state index contributed by atoms with van der Waals surface area (Å²) >= 11 is 0. The summed E-state index contributed by atoms with van der Waals surface area (Å²) in [5, 5.41) is 22.2. The molecule has 0 spiro atoms. The van der Waals surface area contributed by atoms with Gasteiger partial charge >= 0.3 is 12.0 Å². The van der Waals surface area contributed by atoms with Crippen LogP contribution in [-0.4, -0.2) is 40.4 Å². The van der Waals surface area contributed by atoms with E-state index in [1.54, 1.807) is 13.8 Å². The second kappa shape index (κ2) is 5.98. The second-order valence-electron chi connectivity index (χ2n) is 3.79. The van der Waals surface area contributed by atoms with Gasteiger partial charge in [0, 0.05) is 13.0 Å². The summed E-state index contributed by atoms with van der Waals surface area (Å²) < 4.78 is 0. The SMILES string of the molecule is C#CC(C)(C)NC(=O)NCC[C@H](O)C(=O)O. The quantitative estimate of drug-likeness (QED) is 0.478. The van der Waals surface area contributed by atoms with Crippen LogP contribution < -0.4 is 10.6 Å². The van der Waals surface area contributed by atoms with Crippen molar-refractivity contribution in [3.05, 3.63) is 0 Å². The molecule has 0 saturated heterocycles. The number of aliphatic hydroxyl groups excluding tert-OH is 1. The molecule has 6 heteroatoms. The number of rotatable bonds is 5. The summed E-state index contributed by atoms with van der Waals surface area (Å²) in [4.78, 5) is 21.5. The Morgan fingerprint density at radius 3 is 2.50 bits per heavy atom. The minimum absolute atomic E-state index is 0.0555. The molecule has 0 aliphatic heterocycles. The van der Waals surface area contributed by atoms with Gasteiger partial charge in [0.15, 0.2) is 6.10 Å². The van der Waals surface area contributed by atoms with E-state index in [1.165, 1.54) is 0 Å². The molecule has 0 heterocycles. The van der Waals surface area contributed by atoms with Crippen LogP contribution in [0.25, 0.3) is 0 Å². The maximum atomic E-state index is 11.2. The van der Waals surface area contributed by atoms with Gasteiger partial charge in [-0.1, -0.05) is 5.92 Å². The predicted molar refractivity (Wildman–Crippen MR) is 57.7 cm³/mol. The van der Waals surface area contributed by atoms with Crippen LogP contribution in [0.15, 0.2) is 0 Å². The van der Waals surface area contributed by atoms with Crippen LogP contribution in [0.1, 0.15) is 20.3 Å². The highest BCUT2D eigenvalue weighted by molar-refractivity contribution is 5.75. The number of amides is 2. The lowest BCUT2D eigenvalue weighted by Crippen LogP contribution is -2.48. The molecule has 0 radical (unpaired) electrons. The van der Waals surface area contributed by atoms with Crippen molar-refractivity contribution < 1.29 is 19.8 Å². The Hall–Kier alpha value is -1.74. The van der Waals surface area contributed by atoms with E-state index in [-0.39, 0.29) is 13.0 Å². The van der Waals surface area contributed by atoms with E-state index in [0.717, 1.165) is 0 Å². The standard InChI is InChI=1S/C10H16N2O4/c1-4-10(2,3)12-9(16)11-6-5-7(13)8(14)15/h1,7,13H,5-6H2,2-3H3,(H,14,15)(H2,11,12,16)/t7-/m0/s1. The number of carbonyl (C=O) groups excluding carboxylic acids is 1. The third-order valence-electron chi connectivity index (χ3n) is 1.78. The van der Waals surface area contributed by atoms with Gasteiger partial charge in [0.25, 0.3) is 0 Å². The zero-order valence-electron chi connectivity index (χ0n) is 9.28. The first-order chi connectivity index (χ1) is 7.28. The van der Waals surface area contributed by atoms with Gasteiger partial charge in [0.2, 0.25) is 0 Å². The fraction of sp³-hybridized carbons (Fsp3) is 0.600. The highest BCUT2D eigenvalue weighted by Gasteiger charge is 2.17. The third kappa shape index (κ3) is 5.88. The predicted octanol–water partition coefficient (Wildman–Crippen LogP) is -0.467. The first-order valence-electron chi connectivity index (χ1n) is 4.73. The van der Waals surface area contributed by atoms with Crippen molar-refractivity contribution in [3.63, 3.8) is 0 Å². The Labute approximate surface area is 94.0 Å². The molecule has 90 valence electrons. The van der Waals surface area contributed by atoms with E-state index < -0.39 is 23.6 Å². The smallest absolute Gasteiger partial charge is 0.332 e. The lowest BCUT2D eigenvalue weighted by atomic mass is 10.1. The number of aliphatic carboxylic acids is 1. The van der Waals surface area contributed by atoms with Gasteiger partial charge < -0.3 is 20.8 Å². The molecule has 0 bridgehead atoms. The zero-order chi connectivity index (χ0) is 12.8. The monoisotopic (exact) mass is 228 g/mol. The number of carboxylic acid groups (broad SMARTS) is 1. The van der Waals surface area contributed by atoms with Crippen LogP contribution in [0.2, 0.25) is 0 Å². The summed E-state index contributed by atoms with van der Waals surface area (Å²) in [6, 6.07) is -0.500. The number of hydrogen-bond acceptors (Lipinski definition) is 3. The maximum absolute atomic E-state index is 11.2. The molecule has 0 aliphatic carbocycles. The Morgan fingerprint density at radius 1 is 1.50 bits per heavy atom. The summed E-state index contributed by atoms with van der Waals surface area (Å²) in [7, 11) is 0. The number of terminal acetylenes is 1. The van der Waals surface area contributed by atoms with Gasteiger partial charge in [-0.25, -0.2) is 9.59 Å². The van der Waals surface area contributed by atoms with Crippen LogP contribution in [-0.2, 0) is 4.79 Å². The molecule has 0 saturated carbocycles. The molecule has 0 aromatic carbocycles. The van der Waals surface area contributed by atoms with Crippen molar-refractivity contribution in [2.24, 2.45) is 0 Å². The van der Waals surface area contributed by atoms with Gasteiger partial charge in [-0.05, 0) is 13.8 Å². The summed E-state index contributed by atoms with van der Waals surface area (Å²) in [5.41, 5.74) is -0.768. The summed E-state index contributed by atoms with van der Waals surface area (Å²) in [6.45, 7) is 3.36. The summed E-state index contributed by atoms with van der Waals surface area (Å²) in [6.07, 6.45) is 3.63. The Morgan fingerprint density at radius 2 is 2.06 bits per heavy atom. The van der Waals surface area contributed by atoms with E-state index >= 15 is 0 Å². The molecule has 0 aromatic heterocycles. The van der Waals surface area contributed by atoms with Crippen LogP contribution in [0.4, 0.5) is 4.79 Å². The molecular formula is C10H16N2O4. The van der Waals surface area contributed by atoms with E-state index in [9.17, 15) is 9.59 Å². The first-order valence-corrected chi connectivity index (χ1v) is 4.73. The van der Waals surface area contributed by atoms with E-state index in [1.807, 2.05) is 0 Å². The van der Waals surface area contributed by atoms with Crippen LogP contribution in [0.3, 0.4) is 0 Å². The van der Waals surface area contributed by atoms with Crippen LogP contribution in [0.5, 0.6) is 0 Å². The van der Waals surface area contributed by atoms with Gasteiger partial charge in [-0.3, -0.25) is 0 Å². The molecule has 0 fully saturated rings. The molecule has 6 nitrogen and oxygen atoms in total. The van der Waals surface area contributed by atoms with Gasteiger partial charge in [-0.15, -0.1) is 6.42 Å². The van der Waals surface area contributed by atoms with Crippen molar-refractivity contribution in [1.82, 2.24) is 10.6 Å². The number of carbonyl (C=O) groups is 2. The molecule has 0 unspecified atom stereocenters. The number of hydrogen-bond donors (Lipinski definition) is 4. The fourth-order valence-electron chi connectivity index (χ4n) is 0.810. The van der Waals surface area contributed by atoms with Crippen molar-refractivity contribution in [3.8, 4) is 12.3 Å². The largest absolute Gasteiger partial charge is 0.479 e. The van der Waals surface area contributed by atoms with Gasteiger partial charge in [0.05, 0.1) is 5.54 Å². The van der Waals surface area contributed by atoms with Gasteiger partial charge in [-0.2, -0.15) is 0 Å². The lowest BCUT2D eigenvalue weighted by Gasteiger charge is -2.19. The topological polar surface area (TPSA) is 98.7 Å².